The Bertz CT molecular complexity index is 1360. The van der Waals surface area contributed by atoms with E-state index in [1.54, 1.807) is 19.1 Å². The molecule has 0 aromatic heterocycles. The van der Waals surface area contributed by atoms with Crippen molar-refractivity contribution in [3.05, 3.63) is 83.9 Å². The molecule has 0 spiro atoms. The van der Waals surface area contributed by atoms with E-state index in [9.17, 15) is 14.7 Å². The van der Waals surface area contributed by atoms with Crippen LogP contribution in [0.1, 0.15) is 44.7 Å². The molecule has 0 aliphatic carbocycles. The SMILES string of the molecule is CCCCOc1ccc2cccc(CC(=O)OCC)c2c1.CCOC(=O)Cc1cccc2ccc(O)cc12. The zero-order valence-corrected chi connectivity index (χ0v) is 22.4. The average molecular weight is 517 g/mol. The maximum Gasteiger partial charge on any atom is 0.310 e. The lowest BCUT2D eigenvalue weighted by Gasteiger charge is -2.10. The number of carbonyl (C=O) groups excluding carboxylic acids is 2. The van der Waals surface area contributed by atoms with Gasteiger partial charge in [-0.2, -0.15) is 0 Å². The predicted molar refractivity (Wildman–Crippen MR) is 151 cm³/mol. The number of phenolic OH excluding ortho intramolecular Hbond substituents is 1. The second-order valence-corrected chi connectivity index (χ2v) is 8.79. The summed E-state index contributed by atoms with van der Waals surface area (Å²) in [5.74, 6) is 0.617. The Morgan fingerprint density at radius 2 is 1.26 bits per heavy atom. The van der Waals surface area contributed by atoms with E-state index in [2.05, 4.69) is 6.92 Å². The summed E-state index contributed by atoms with van der Waals surface area (Å²) in [6.45, 7) is 7.26. The number of aromatic hydroxyl groups is 1. The van der Waals surface area contributed by atoms with E-state index in [0.717, 1.165) is 57.9 Å². The number of benzene rings is 4. The minimum absolute atomic E-state index is 0.192. The van der Waals surface area contributed by atoms with Gasteiger partial charge in [-0.3, -0.25) is 9.59 Å². The number of ether oxygens (including phenoxy) is 3. The Morgan fingerprint density at radius 3 is 1.82 bits per heavy atom. The number of hydrogen-bond acceptors (Lipinski definition) is 6. The minimum Gasteiger partial charge on any atom is -0.508 e. The van der Waals surface area contributed by atoms with Crippen molar-refractivity contribution in [2.45, 2.75) is 46.5 Å². The molecule has 0 unspecified atom stereocenters. The molecule has 200 valence electrons. The Balaban J connectivity index is 0.000000215. The van der Waals surface area contributed by atoms with Gasteiger partial charge in [-0.25, -0.2) is 0 Å². The number of rotatable bonds is 10. The second kappa shape index (κ2) is 14.6. The Labute approximate surface area is 224 Å². The van der Waals surface area contributed by atoms with Crippen LogP contribution in [0.2, 0.25) is 0 Å². The molecule has 6 nitrogen and oxygen atoms in total. The molecule has 0 saturated heterocycles. The first-order chi connectivity index (χ1) is 18.4. The summed E-state index contributed by atoms with van der Waals surface area (Å²) < 4.78 is 15.7. The summed E-state index contributed by atoms with van der Waals surface area (Å²) in [5, 5.41) is 13.5. The molecule has 0 aliphatic heterocycles. The van der Waals surface area contributed by atoms with Crippen LogP contribution in [0, 0.1) is 0 Å². The molecule has 0 atom stereocenters. The molecule has 0 fully saturated rings. The highest BCUT2D eigenvalue weighted by molar-refractivity contribution is 5.91. The van der Waals surface area contributed by atoms with E-state index in [1.807, 2.05) is 67.6 Å². The minimum atomic E-state index is -0.247. The molecule has 0 aliphatic rings. The van der Waals surface area contributed by atoms with Gasteiger partial charge < -0.3 is 19.3 Å². The third kappa shape index (κ3) is 8.23. The van der Waals surface area contributed by atoms with E-state index in [0.29, 0.717) is 19.6 Å². The number of esters is 2. The normalized spacial score (nSPS) is 10.5. The quantitative estimate of drug-likeness (QED) is 0.185. The van der Waals surface area contributed by atoms with Crippen LogP contribution in [0.5, 0.6) is 11.5 Å². The molecule has 4 aromatic rings. The fraction of sp³-hybridized carbons (Fsp3) is 0.312. The van der Waals surface area contributed by atoms with Gasteiger partial charge in [0, 0.05) is 0 Å². The molecule has 0 heterocycles. The van der Waals surface area contributed by atoms with E-state index >= 15 is 0 Å². The highest BCUT2D eigenvalue weighted by Gasteiger charge is 2.09. The lowest BCUT2D eigenvalue weighted by atomic mass is 10.0. The molecule has 0 saturated carbocycles. The van der Waals surface area contributed by atoms with Crippen LogP contribution in [0.3, 0.4) is 0 Å². The van der Waals surface area contributed by atoms with Crippen LogP contribution in [-0.4, -0.2) is 36.9 Å². The summed E-state index contributed by atoms with van der Waals surface area (Å²) in [7, 11) is 0. The van der Waals surface area contributed by atoms with Gasteiger partial charge in [-0.15, -0.1) is 0 Å². The number of hydrogen-bond donors (Lipinski definition) is 1. The van der Waals surface area contributed by atoms with E-state index in [-0.39, 0.29) is 24.1 Å². The smallest absolute Gasteiger partial charge is 0.310 e. The van der Waals surface area contributed by atoms with E-state index < -0.39 is 0 Å². The van der Waals surface area contributed by atoms with Gasteiger partial charge in [0.1, 0.15) is 11.5 Å². The standard InChI is InChI=1S/C18H22O3.C14H14O3/c1-3-5-11-21-16-10-9-14-7-6-8-15(17(14)13-16)12-18(19)20-4-2;1-2-17-14(16)8-11-5-3-4-10-6-7-12(15)9-13(10)11/h6-10,13H,3-5,11-12H2,1-2H3;3-7,9,15H,2,8H2,1H3. The Kier molecular flexibility index (Phi) is 11.0. The predicted octanol–water partition coefficient (Wildman–Crippen LogP) is 6.78. The lowest BCUT2D eigenvalue weighted by Crippen LogP contribution is -2.07. The maximum atomic E-state index is 11.7. The first-order valence-electron chi connectivity index (χ1n) is 13.1. The highest BCUT2D eigenvalue weighted by Crippen LogP contribution is 2.26. The van der Waals surface area contributed by atoms with Gasteiger partial charge >= 0.3 is 11.9 Å². The van der Waals surface area contributed by atoms with Gasteiger partial charge in [-0.05, 0) is 77.2 Å². The van der Waals surface area contributed by atoms with Crippen LogP contribution in [-0.2, 0) is 31.9 Å². The monoisotopic (exact) mass is 516 g/mol. The highest BCUT2D eigenvalue weighted by atomic mass is 16.5. The van der Waals surface area contributed by atoms with Crippen molar-refractivity contribution in [1.29, 1.82) is 0 Å². The molecule has 4 aromatic carbocycles. The third-order valence-corrected chi connectivity index (χ3v) is 5.95. The van der Waals surface area contributed by atoms with Crippen LogP contribution in [0.15, 0.2) is 72.8 Å². The zero-order chi connectivity index (χ0) is 27.3. The van der Waals surface area contributed by atoms with Crippen LogP contribution < -0.4 is 4.74 Å². The van der Waals surface area contributed by atoms with Crippen LogP contribution in [0.4, 0.5) is 0 Å². The topological polar surface area (TPSA) is 82.1 Å². The van der Waals surface area contributed by atoms with Crippen molar-refractivity contribution < 1.29 is 28.9 Å². The molecule has 0 amide bonds. The molecule has 0 bridgehead atoms. The van der Waals surface area contributed by atoms with E-state index in [1.165, 1.54) is 0 Å². The summed E-state index contributed by atoms with van der Waals surface area (Å²) in [6, 6.07) is 22.9. The summed E-state index contributed by atoms with van der Waals surface area (Å²) in [6.07, 6.45) is 2.68. The van der Waals surface area contributed by atoms with Crippen LogP contribution >= 0.6 is 0 Å². The van der Waals surface area contributed by atoms with Gasteiger partial charge in [-0.1, -0.05) is 61.9 Å². The third-order valence-electron chi connectivity index (χ3n) is 5.95. The summed E-state index contributed by atoms with van der Waals surface area (Å²) in [4.78, 5) is 23.2. The van der Waals surface area contributed by atoms with Crippen LogP contribution in [0.25, 0.3) is 21.5 Å². The molecule has 1 N–H and O–H groups in total. The first kappa shape index (κ1) is 28.5. The van der Waals surface area contributed by atoms with Gasteiger partial charge in [0.05, 0.1) is 32.7 Å². The van der Waals surface area contributed by atoms with Crippen molar-refractivity contribution in [3.63, 3.8) is 0 Å². The maximum absolute atomic E-state index is 11.7. The van der Waals surface area contributed by atoms with Crippen molar-refractivity contribution >= 4 is 33.5 Å². The van der Waals surface area contributed by atoms with Crippen molar-refractivity contribution in [2.75, 3.05) is 19.8 Å². The molecule has 6 heteroatoms. The fourth-order valence-electron chi connectivity index (χ4n) is 4.11. The Morgan fingerprint density at radius 1 is 0.711 bits per heavy atom. The Hall–Kier alpha value is -4.06. The molecule has 0 radical (unpaired) electrons. The van der Waals surface area contributed by atoms with E-state index in [4.69, 9.17) is 14.2 Å². The van der Waals surface area contributed by atoms with Gasteiger partial charge in [0.2, 0.25) is 0 Å². The number of carbonyl (C=O) groups is 2. The fourth-order valence-corrected chi connectivity index (χ4v) is 4.11. The summed E-state index contributed by atoms with van der Waals surface area (Å²) >= 11 is 0. The second-order valence-electron chi connectivity index (χ2n) is 8.79. The average Bonchev–Trinajstić information content (AvgIpc) is 2.90. The zero-order valence-electron chi connectivity index (χ0n) is 22.4. The number of phenols is 1. The van der Waals surface area contributed by atoms with Gasteiger partial charge in [0.15, 0.2) is 0 Å². The lowest BCUT2D eigenvalue weighted by molar-refractivity contribution is -0.143. The first-order valence-corrected chi connectivity index (χ1v) is 13.1. The molecule has 4 rings (SSSR count). The molecule has 38 heavy (non-hydrogen) atoms. The van der Waals surface area contributed by atoms with Gasteiger partial charge in [0.25, 0.3) is 0 Å². The van der Waals surface area contributed by atoms with Crippen molar-refractivity contribution in [1.82, 2.24) is 0 Å². The number of unbranched alkanes of at least 4 members (excludes halogenated alkanes) is 1. The molecular weight excluding hydrogens is 480 g/mol. The van der Waals surface area contributed by atoms with Crippen molar-refractivity contribution in [3.8, 4) is 11.5 Å². The molecular formula is C32H36O6. The number of fused-ring (bicyclic) bond motifs is 2. The summed E-state index contributed by atoms with van der Waals surface area (Å²) in [5.41, 5.74) is 1.85. The van der Waals surface area contributed by atoms with Crippen molar-refractivity contribution in [2.24, 2.45) is 0 Å². The largest absolute Gasteiger partial charge is 0.508 e.